The van der Waals surface area contributed by atoms with E-state index in [1.807, 2.05) is 0 Å². The number of carboxylic acid groups (broad SMARTS) is 1. The molecule has 0 amide bonds. The van der Waals surface area contributed by atoms with E-state index < -0.39 is 46.0 Å². The van der Waals surface area contributed by atoms with E-state index in [2.05, 4.69) is 20.8 Å². The second-order valence-electron chi connectivity index (χ2n) is 13.8. The van der Waals surface area contributed by atoms with Crippen molar-refractivity contribution in [1.29, 1.82) is 0 Å². The molecule has 2 bridgehead atoms. The Morgan fingerprint density at radius 2 is 1.62 bits per heavy atom. The van der Waals surface area contributed by atoms with Gasteiger partial charge in [0.25, 0.3) is 0 Å². The van der Waals surface area contributed by atoms with Crippen LogP contribution in [0.3, 0.4) is 0 Å². The van der Waals surface area contributed by atoms with Crippen LogP contribution in [-0.2, 0) is 33.4 Å². The Morgan fingerprint density at radius 3 is 2.05 bits per heavy atom. The van der Waals surface area contributed by atoms with Crippen LogP contribution in [0.1, 0.15) is 100 Å². The zero-order valence-corrected chi connectivity index (χ0v) is 25.3. The number of methoxy groups -OCH3 is 1. The smallest absolute Gasteiger partial charge is 0.311 e. The number of aliphatic hydroxyl groups excluding tert-OH is 1. The van der Waals surface area contributed by atoms with Gasteiger partial charge in [-0.1, -0.05) is 27.7 Å². The van der Waals surface area contributed by atoms with E-state index in [1.165, 1.54) is 14.0 Å². The van der Waals surface area contributed by atoms with Gasteiger partial charge < -0.3 is 24.4 Å². The molecular weight excluding hydrogens is 504 g/mol. The minimum absolute atomic E-state index is 0.0200. The van der Waals surface area contributed by atoms with Gasteiger partial charge in [-0.05, 0) is 84.0 Å². The lowest BCUT2D eigenvalue weighted by atomic mass is 9.66. The number of rotatable bonds is 14. The normalized spacial score (nSPS) is 27.6. The lowest BCUT2D eigenvalue weighted by Crippen LogP contribution is -2.44. The first kappa shape index (κ1) is 33.0. The maximum absolute atomic E-state index is 13.8. The molecule has 9 heteroatoms. The molecule has 0 aromatic heterocycles. The van der Waals surface area contributed by atoms with Gasteiger partial charge in [-0.15, -0.1) is 0 Å². The molecule has 2 rings (SSSR count). The van der Waals surface area contributed by atoms with Gasteiger partial charge in [-0.25, -0.2) is 0 Å². The minimum atomic E-state index is -1.50. The number of aliphatic hydroxyl groups is 1. The molecule has 2 fully saturated rings. The van der Waals surface area contributed by atoms with Crippen LogP contribution in [0, 0.1) is 38.9 Å². The fraction of sp³-hybridized carbons (Fsp3) is 0.867. The van der Waals surface area contributed by atoms with E-state index >= 15 is 0 Å². The molecule has 0 heterocycles. The van der Waals surface area contributed by atoms with Gasteiger partial charge >= 0.3 is 23.9 Å². The molecule has 39 heavy (non-hydrogen) atoms. The third kappa shape index (κ3) is 6.44. The van der Waals surface area contributed by atoms with E-state index in [1.54, 1.807) is 27.7 Å². The highest BCUT2D eigenvalue weighted by molar-refractivity contribution is 5.82. The highest BCUT2D eigenvalue weighted by Crippen LogP contribution is 2.66. The second kappa shape index (κ2) is 11.8. The topological polar surface area (TPSA) is 136 Å². The van der Waals surface area contributed by atoms with Gasteiger partial charge in [0, 0.05) is 5.41 Å². The number of hydrogen-bond donors (Lipinski definition) is 2. The van der Waals surface area contributed by atoms with Gasteiger partial charge in [-0.2, -0.15) is 0 Å². The van der Waals surface area contributed by atoms with Crippen molar-refractivity contribution in [2.45, 2.75) is 106 Å². The summed E-state index contributed by atoms with van der Waals surface area (Å²) in [5.74, 6) is -3.24. The number of carboxylic acids is 1. The van der Waals surface area contributed by atoms with Crippen LogP contribution in [0.15, 0.2) is 0 Å². The van der Waals surface area contributed by atoms with Gasteiger partial charge in [-0.3, -0.25) is 19.2 Å². The summed E-state index contributed by atoms with van der Waals surface area (Å²) in [7, 11) is 1.28. The van der Waals surface area contributed by atoms with Gasteiger partial charge in [0.15, 0.2) is 0 Å². The van der Waals surface area contributed by atoms with E-state index in [-0.39, 0.29) is 49.4 Å². The number of esters is 3. The van der Waals surface area contributed by atoms with Crippen molar-refractivity contribution in [3.63, 3.8) is 0 Å². The van der Waals surface area contributed by atoms with Crippen molar-refractivity contribution in [3.05, 3.63) is 0 Å². The van der Waals surface area contributed by atoms with Crippen LogP contribution in [0.2, 0.25) is 0 Å². The average molecular weight is 555 g/mol. The summed E-state index contributed by atoms with van der Waals surface area (Å²) in [5, 5.41) is 19.5. The molecule has 0 aromatic carbocycles. The van der Waals surface area contributed by atoms with Crippen molar-refractivity contribution in [3.8, 4) is 0 Å². The van der Waals surface area contributed by atoms with Gasteiger partial charge in [0.1, 0.15) is 12.7 Å². The predicted octanol–water partition coefficient (Wildman–Crippen LogP) is 4.77. The van der Waals surface area contributed by atoms with Crippen LogP contribution >= 0.6 is 0 Å². The summed E-state index contributed by atoms with van der Waals surface area (Å²) in [4.78, 5) is 52.0. The molecule has 6 atom stereocenters. The summed E-state index contributed by atoms with van der Waals surface area (Å²) in [6.45, 7) is 14.4. The molecule has 0 aromatic rings. The van der Waals surface area contributed by atoms with Crippen LogP contribution in [0.25, 0.3) is 0 Å². The molecule has 9 nitrogen and oxygen atoms in total. The maximum Gasteiger partial charge on any atom is 0.311 e. The van der Waals surface area contributed by atoms with Gasteiger partial charge in [0.2, 0.25) is 0 Å². The molecule has 0 saturated heterocycles. The number of carbonyl (C=O) groups is 4. The first-order chi connectivity index (χ1) is 17.8. The summed E-state index contributed by atoms with van der Waals surface area (Å²) < 4.78 is 16.3. The minimum Gasteiger partial charge on any atom is -0.481 e. The maximum atomic E-state index is 13.8. The summed E-state index contributed by atoms with van der Waals surface area (Å²) in [6.07, 6.45) is 2.66. The van der Waals surface area contributed by atoms with Crippen molar-refractivity contribution < 1.29 is 43.6 Å². The second-order valence-corrected chi connectivity index (χ2v) is 13.8. The lowest BCUT2D eigenvalue weighted by molar-refractivity contribution is -0.169. The third-order valence-electron chi connectivity index (χ3n) is 10.4. The van der Waals surface area contributed by atoms with E-state index in [9.17, 15) is 24.3 Å². The lowest BCUT2D eigenvalue weighted by Gasteiger charge is -2.40. The number of aliphatic carboxylic acids is 1. The van der Waals surface area contributed by atoms with E-state index in [0.29, 0.717) is 12.3 Å². The molecule has 2 N–H and O–H groups in total. The Morgan fingerprint density at radius 1 is 1.00 bits per heavy atom. The molecule has 6 unspecified atom stereocenters. The fourth-order valence-corrected chi connectivity index (χ4v) is 7.05. The monoisotopic (exact) mass is 554 g/mol. The Balaban J connectivity index is 2.40. The van der Waals surface area contributed by atoms with Crippen LogP contribution < -0.4 is 0 Å². The average Bonchev–Trinajstić information content (AvgIpc) is 3.19. The summed E-state index contributed by atoms with van der Waals surface area (Å²) in [6, 6.07) is 0. The molecule has 2 saturated carbocycles. The number of fused-ring (bicyclic) bond motifs is 2. The van der Waals surface area contributed by atoms with E-state index in [4.69, 9.17) is 19.3 Å². The molecular formula is C30H50O9. The Kier molecular flexibility index (Phi) is 9.96. The third-order valence-corrected chi connectivity index (χ3v) is 10.4. The van der Waals surface area contributed by atoms with Crippen molar-refractivity contribution in [1.82, 2.24) is 0 Å². The summed E-state index contributed by atoms with van der Waals surface area (Å²) >= 11 is 0. The van der Waals surface area contributed by atoms with Gasteiger partial charge in [0.05, 0.1) is 35.9 Å². The van der Waals surface area contributed by atoms with Crippen LogP contribution in [0.4, 0.5) is 0 Å². The van der Waals surface area contributed by atoms with Crippen molar-refractivity contribution in [2.75, 3.05) is 20.3 Å². The molecule has 0 radical (unpaired) electrons. The SMILES string of the molecule is CCC(C)(CC(C)(CC(CC(C)(C)C(=O)OC)C(=O)OC1CC2CCC1(C)C2(C)C)C(=O)O)C(=O)OCCO. The standard InChI is InChI=1S/C30H50O9/c1-10-28(6,25(36)38-14-13-31)18-29(7,23(33)34)17-19(16-26(2,3)24(35)37-9)22(32)39-21-15-20-11-12-30(21,8)27(20,4)5/h19-21,31H,10-18H2,1-9H3,(H,33,34). The molecule has 0 aliphatic heterocycles. The van der Waals surface area contributed by atoms with Crippen molar-refractivity contribution in [2.24, 2.45) is 38.9 Å². The Hall–Kier alpha value is -2.16. The first-order valence-electron chi connectivity index (χ1n) is 14.1. The molecule has 0 spiro atoms. The highest BCUT2D eigenvalue weighted by Gasteiger charge is 2.63. The fourth-order valence-electron chi connectivity index (χ4n) is 7.05. The number of carbonyl (C=O) groups excluding carboxylic acids is 3. The first-order valence-corrected chi connectivity index (χ1v) is 14.1. The molecule has 2 aliphatic rings. The molecule has 2 aliphatic carbocycles. The number of ether oxygens (including phenoxy) is 3. The molecule has 224 valence electrons. The largest absolute Gasteiger partial charge is 0.481 e. The zero-order chi connectivity index (χ0) is 30.0. The number of hydrogen-bond acceptors (Lipinski definition) is 8. The van der Waals surface area contributed by atoms with Crippen LogP contribution in [0.5, 0.6) is 0 Å². The van der Waals surface area contributed by atoms with Crippen molar-refractivity contribution >= 4 is 23.9 Å². The zero-order valence-electron chi connectivity index (χ0n) is 25.3. The van der Waals surface area contributed by atoms with E-state index in [0.717, 1.165) is 19.3 Å². The Labute approximate surface area is 233 Å². The quantitative estimate of drug-likeness (QED) is 0.230. The Bertz CT molecular complexity index is 941. The highest BCUT2D eigenvalue weighted by atomic mass is 16.5. The summed E-state index contributed by atoms with van der Waals surface area (Å²) in [5.41, 5.74) is -3.88. The predicted molar refractivity (Wildman–Crippen MR) is 144 cm³/mol. The van der Waals surface area contributed by atoms with Crippen LogP contribution in [-0.4, -0.2) is 60.5 Å².